The van der Waals surface area contributed by atoms with Gasteiger partial charge in [-0.1, -0.05) is 33.0 Å². The van der Waals surface area contributed by atoms with Gasteiger partial charge in [-0.3, -0.25) is 0 Å². The van der Waals surface area contributed by atoms with Gasteiger partial charge in [-0.05, 0) is 6.42 Å². The Hall–Kier alpha value is 0.110. The highest BCUT2D eigenvalue weighted by molar-refractivity contribution is 7.52. The van der Waals surface area contributed by atoms with Gasteiger partial charge in [-0.2, -0.15) is 13.9 Å². The maximum Gasteiger partial charge on any atom is 0.376 e. The second-order valence-electron chi connectivity index (χ2n) is 7.73. The zero-order valence-corrected chi connectivity index (χ0v) is 18.0. The Morgan fingerprint density at radius 1 is 1.00 bits per heavy atom. The first kappa shape index (κ1) is 27.3. The van der Waals surface area contributed by atoms with E-state index in [0.717, 1.165) is 24.0 Å². The van der Waals surface area contributed by atoms with Gasteiger partial charge in [-0.25, -0.2) is 0 Å². The van der Waals surface area contributed by atoms with E-state index in [1.807, 2.05) is 21.1 Å². The van der Waals surface area contributed by atoms with Crippen LogP contribution in [0, 0.1) is 0 Å². The highest BCUT2D eigenvalue weighted by Crippen LogP contribution is 2.47. The maximum absolute atomic E-state index is 11.3. The molecule has 0 aliphatic rings. The average Bonchev–Trinajstić information content (AvgIpc) is 2.43. The minimum atomic E-state index is -4.06. The Kier molecular flexibility index (Phi) is 14.5. The first-order chi connectivity index (χ1) is 11.3. The van der Waals surface area contributed by atoms with Crippen molar-refractivity contribution in [1.29, 1.82) is 0 Å². The molecule has 9 heteroatoms. The summed E-state index contributed by atoms with van der Waals surface area (Å²) < 4.78 is 10.8. The summed E-state index contributed by atoms with van der Waals surface area (Å²) >= 11 is 0. The molecule has 0 saturated heterocycles. The van der Waals surface area contributed by atoms with E-state index in [2.05, 4.69) is 25.5 Å². The van der Waals surface area contributed by atoms with Crippen molar-refractivity contribution in [2.45, 2.75) is 32.8 Å². The van der Waals surface area contributed by atoms with Crippen LogP contribution in [0.1, 0.15) is 26.7 Å². The molecule has 8 nitrogen and oxygen atoms in total. The van der Waals surface area contributed by atoms with Gasteiger partial charge in [0.15, 0.2) is 0 Å². The first-order valence-corrected chi connectivity index (χ1v) is 10.3. The minimum absolute atomic E-state index is 0.0486. The zero-order chi connectivity index (χ0) is 20.1. The van der Waals surface area contributed by atoms with E-state index in [1.165, 1.54) is 0 Å². The van der Waals surface area contributed by atoms with Crippen LogP contribution in [0.3, 0.4) is 0 Å². The standard InChI is InChI=1S/C9H22NO5P.C7H17NO/c1-5-9(11)8-15-16(12,13)14-7-6-10(2,3)4;1-4-5-8(2,3)6-7-9/h9H,5-8H2,1-4H3,(H,12,13);4-7H2,1-3H3. The number of hydrogen-bond donors (Lipinski definition) is 1. The molecule has 0 rings (SSSR count). The predicted molar refractivity (Wildman–Crippen MR) is 95.0 cm³/mol. The number of nitrogens with zero attached hydrogens (tertiary/aromatic N) is 2. The molecule has 0 radical (unpaired) electrons. The molecule has 0 aliphatic carbocycles. The lowest BCUT2D eigenvalue weighted by molar-refractivity contribution is -0.895. The largest absolute Gasteiger partial charge is 0.850 e. The van der Waals surface area contributed by atoms with Crippen molar-refractivity contribution in [3.8, 4) is 0 Å². The van der Waals surface area contributed by atoms with Crippen LogP contribution in [-0.4, -0.2) is 94.7 Å². The first-order valence-electron chi connectivity index (χ1n) is 8.76. The van der Waals surface area contributed by atoms with Gasteiger partial charge in [0.2, 0.25) is 0 Å². The molecule has 2 atom stereocenters. The van der Waals surface area contributed by atoms with E-state index in [9.17, 15) is 20.0 Å². The maximum atomic E-state index is 11.3. The van der Waals surface area contributed by atoms with Crippen LogP contribution in [0.15, 0.2) is 0 Å². The molecule has 154 valence electrons. The van der Waals surface area contributed by atoms with Crippen molar-refractivity contribution in [3.63, 3.8) is 0 Å². The molecule has 0 bridgehead atoms. The van der Waals surface area contributed by atoms with Crippen molar-refractivity contribution in [2.75, 3.05) is 74.7 Å². The van der Waals surface area contributed by atoms with Crippen molar-refractivity contribution >= 4 is 8.17 Å². The van der Waals surface area contributed by atoms with E-state index < -0.39 is 14.3 Å². The lowest BCUT2D eigenvalue weighted by atomic mass is 10.3. The fourth-order valence-electron chi connectivity index (χ4n) is 1.73. The van der Waals surface area contributed by atoms with Crippen LogP contribution in [0.4, 0.5) is 0 Å². The molecular weight excluding hydrogens is 347 g/mol. The molecule has 0 saturated carbocycles. The number of phosphoric acid groups is 1. The summed E-state index contributed by atoms with van der Waals surface area (Å²) in [7, 11) is 5.97. The molecule has 0 aliphatic heterocycles. The van der Waals surface area contributed by atoms with Crippen LogP contribution in [-0.2, 0) is 9.05 Å². The van der Waals surface area contributed by atoms with E-state index in [4.69, 9.17) is 4.52 Å². The topological polar surface area (TPSA) is 108 Å². The third kappa shape index (κ3) is 20.3. The summed E-state index contributed by atoms with van der Waals surface area (Å²) in [6.07, 6.45) is 0.536. The van der Waals surface area contributed by atoms with E-state index in [0.29, 0.717) is 17.4 Å². The van der Waals surface area contributed by atoms with Gasteiger partial charge >= 0.3 is 8.17 Å². The molecular formula is C16H39N2O6P. The highest BCUT2D eigenvalue weighted by atomic mass is 31.2. The Morgan fingerprint density at radius 2 is 1.56 bits per heavy atom. The molecule has 0 heterocycles. The summed E-state index contributed by atoms with van der Waals surface area (Å²) in [5.74, 6) is 0. The molecule has 1 N–H and O–H groups in total. The normalized spacial score (nSPS) is 16.0. The lowest BCUT2D eigenvalue weighted by Gasteiger charge is -2.30. The number of hydrogen-bond acceptors (Lipinski definition) is 6. The number of likely N-dealkylation sites (N-methyl/N-ethyl adjacent to an activating group) is 2. The Bertz CT molecular complexity index is 316. The minimum Gasteiger partial charge on any atom is -0.850 e. The van der Waals surface area contributed by atoms with Crippen LogP contribution < -0.4 is 15.1 Å². The molecule has 25 heavy (non-hydrogen) atoms. The smallest absolute Gasteiger partial charge is 0.376 e. The van der Waals surface area contributed by atoms with Gasteiger partial charge in [0, 0.05) is 0 Å². The summed E-state index contributed by atoms with van der Waals surface area (Å²) in [4.78, 5) is 20.5. The Morgan fingerprint density at radius 3 is 1.96 bits per heavy atom. The summed E-state index contributed by atoms with van der Waals surface area (Å²) in [6, 6.07) is 0. The fourth-order valence-corrected chi connectivity index (χ4v) is 2.47. The third-order valence-corrected chi connectivity index (χ3v) is 4.41. The second kappa shape index (κ2) is 13.3. The van der Waals surface area contributed by atoms with Crippen molar-refractivity contribution in [1.82, 2.24) is 0 Å². The van der Waals surface area contributed by atoms with Gasteiger partial charge in [0.25, 0.3) is 0 Å². The number of quaternary nitrogens is 2. The van der Waals surface area contributed by atoms with Crippen molar-refractivity contribution < 1.29 is 38.0 Å². The Balaban J connectivity index is 0. The molecule has 0 aromatic heterocycles. The molecule has 0 aromatic carbocycles. The van der Waals surface area contributed by atoms with E-state index >= 15 is 0 Å². The van der Waals surface area contributed by atoms with Crippen molar-refractivity contribution in [2.24, 2.45) is 0 Å². The van der Waals surface area contributed by atoms with Gasteiger partial charge in [0.1, 0.15) is 13.2 Å². The SMILES string of the molecule is CCC([O-])CO[P+]([O-])(O)OCC[N+](C)(C)C.CCC[N+](C)(C)CC[O-]. The highest BCUT2D eigenvalue weighted by Gasteiger charge is 2.28. The van der Waals surface area contributed by atoms with E-state index in [1.54, 1.807) is 6.92 Å². The number of phosphoric ester groups is 1. The summed E-state index contributed by atoms with van der Waals surface area (Å²) in [5, 5.41) is 21.2. The molecule has 0 spiro atoms. The van der Waals surface area contributed by atoms with Crippen LogP contribution >= 0.6 is 8.17 Å². The van der Waals surface area contributed by atoms with Crippen LogP contribution in [0.25, 0.3) is 0 Å². The third-order valence-electron chi connectivity index (χ3n) is 3.42. The monoisotopic (exact) mass is 386 g/mol. The van der Waals surface area contributed by atoms with E-state index in [-0.39, 0.29) is 19.8 Å². The Labute approximate surface area is 154 Å². The zero-order valence-electron chi connectivity index (χ0n) is 17.1. The predicted octanol–water partition coefficient (Wildman–Crippen LogP) is -1.27. The van der Waals surface area contributed by atoms with Gasteiger partial charge in [0.05, 0.1) is 54.9 Å². The summed E-state index contributed by atoms with van der Waals surface area (Å²) in [6.45, 7) is 6.17. The van der Waals surface area contributed by atoms with Gasteiger partial charge in [-0.15, -0.1) is 0 Å². The van der Waals surface area contributed by atoms with Crippen LogP contribution in [0.2, 0.25) is 0 Å². The van der Waals surface area contributed by atoms with Gasteiger partial charge < -0.3 is 24.1 Å². The fraction of sp³-hybridized carbons (Fsp3) is 1.00. The molecule has 2 unspecified atom stereocenters. The average molecular weight is 386 g/mol. The van der Waals surface area contributed by atoms with Crippen LogP contribution in [0.5, 0.6) is 0 Å². The lowest BCUT2D eigenvalue weighted by Crippen LogP contribution is -2.44. The van der Waals surface area contributed by atoms with Crippen molar-refractivity contribution in [3.05, 3.63) is 0 Å². The number of rotatable bonds is 12. The molecule has 0 amide bonds. The second-order valence-corrected chi connectivity index (χ2v) is 9.18. The molecule has 0 aromatic rings. The molecule has 0 fully saturated rings. The summed E-state index contributed by atoms with van der Waals surface area (Å²) in [5.41, 5.74) is 0. The quantitative estimate of drug-likeness (QED) is 0.331.